The van der Waals surface area contributed by atoms with E-state index in [-0.39, 0.29) is 17.4 Å². The molecular formula is C16H24N2O3. The zero-order chi connectivity index (χ0) is 15.5. The van der Waals surface area contributed by atoms with Crippen molar-refractivity contribution < 1.29 is 14.3 Å². The van der Waals surface area contributed by atoms with Crippen molar-refractivity contribution in [2.24, 2.45) is 5.84 Å². The van der Waals surface area contributed by atoms with Crippen LogP contribution < -0.4 is 16.0 Å². The average Bonchev–Trinajstić information content (AvgIpc) is 2.92. The van der Waals surface area contributed by atoms with Crippen LogP contribution in [-0.2, 0) is 14.9 Å². The van der Waals surface area contributed by atoms with Gasteiger partial charge in [0, 0.05) is 0 Å². The second-order valence-electron chi connectivity index (χ2n) is 6.42. The lowest BCUT2D eigenvalue weighted by Crippen LogP contribution is -2.39. The number of nitrogens with two attached hydrogens (primary N) is 1. The fourth-order valence-corrected chi connectivity index (χ4v) is 2.35. The maximum absolute atomic E-state index is 11.4. The van der Waals surface area contributed by atoms with Gasteiger partial charge in [-0.15, -0.1) is 0 Å². The number of amides is 1. The Bertz CT molecular complexity index is 479. The SMILES string of the molecule is CC(C)(C)c1ccc(OCC2CCC(C(=O)NN)O2)cc1. The summed E-state index contributed by atoms with van der Waals surface area (Å²) in [4.78, 5) is 11.4. The van der Waals surface area contributed by atoms with Crippen LogP contribution in [0.4, 0.5) is 0 Å². The van der Waals surface area contributed by atoms with Crippen LogP contribution in [-0.4, -0.2) is 24.7 Å². The van der Waals surface area contributed by atoms with Crippen LogP contribution in [0.25, 0.3) is 0 Å². The minimum atomic E-state index is -0.452. The summed E-state index contributed by atoms with van der Waals surface area (Å²) in [7, 11) is 0. The van der Waals surface area contributed by atoms with E-state index in [0.717, 1.165) is 12.2 Å². The Morgan fingerprint density at radius 1 is 1.33 bits per heavy atom. The Morgan fingerprint density at radius 3 is 2.57 bits per heavy atom. The molecule has 5 nitrogen and oxygen atoms in total. The summed E-state index contributed by atoms with van der Waals surface area (Å²) in [6.07, 6.45) is 0.972. The first-order valence-corrected chi connectivity index (χ1v) is 7.29. The van der Waals surface area contributed by atoms with E-state index in [1.807, 2.05) is 12.1 Å². The van der Waals surface area contributed by atoms with Gasteiger partial charge < -0.3 is 9.47 Å². The Labute approximate surface area is 125 Å². The number of carbonyl (C=O) groups excluding carboxylic acids is 1. The molecule has 116 valence electrons. The van der Waals surface area contributed by atoms with Crippen molar-refractivity contribution in [1.82, 2.24) is 5.43 Å². The molecule has 2 atom stereocenters. The summed E-state index contributed by atoms with van der Waals surface area (Å²) < 4.78 is 11.3. The monoisotopic (exact) mass is 292 g/mol. The van der Waals surface area contributed by atoms with Crippen molar-refractivity contribution in [1.29, 1.82) is 0 Å². The van der Waals surface area contributed by atoms with Crippen LogP contribution in [0.2, 0.25) is 0 Å². The smallest absolute Gasteiger partial charge is 0.263 e. The third kappa shape index (κ3) is 4.19. The van der Waals surface area contributed by atoms with E-state index in [0.29, 0.717) is 13.0 Å². The van der Waals surface area contributed by atoms with Gasteiger partial charge in [-0.05, 0) is 36.0 Å². The molecule has 2 rings (SSSR count). The predicted octanol–water partition coefficient (Wildman–Crippen LogP) is 1.90. The van der Waals surface area contributed by atoms with Crippen LogP contribution in [0.3, 0.4) is 0 Å². The van der Waals surface area contributed by atoms with Crippen molar-refractivity contribution in [3.05, 3.63) is 29.8 Å². The summed E-state index contributed by atoms with van der Waals surface area (Å²) in [5.74, 6) is 5.65. The molecule has 0 saturated carbocycles. The van der Waals surface area contributed by atoms with Crippen LogP contribution in [0.15, 0.2) is 24.3 Å². The third-order valence-corrected chi connectivity index (χ3v) is 3.70. The highest BCUT2D eigenvalue weighted by Gasteiger charge is 2.30. The number of benzene rings is 1. The van der Waals surface area contributed by atoms with Gasteiger partial charge in [0.2, 0.25) is 0 Å². The highest BCUT2D eigenvalue weighted by molar-refractivity contribution is 5.80. The van der Waals surface area contributed by atoms with E-state index in [9.17, 15) is 4.79 Å². The number of hydrogen-bond acceptors (Lipinski definition) is 4. The lowest BCUT2D eigenvalue weighted by molar-refractivity contribution is -0.132. The van der Waals surface area contributed by atoms with Crippen molar-refractivity contribution in [2.45, 2.75) is 51.2 Å². The van der Waals surface area contributed by atoms with Crippen molar-refractivity contribution in [3.63, 3.8) is 0 Å². The van der Waals surface area contributed by atoms with Crippen LogP contribution >= 0.6 is 0 Å². The molecule has 1 saturated heterocycles. The molecule has 2 unspecified atom stereocenters. The Morgan fingerprint density at radius 2 is 2.00 bits per heavy atom. The molecule has 1 heterocycles. The van der Waals surface area contributed by atoms with Crippen molar-refractivity contribution in [2.75, 3.05) is 6.61 Å². The van der Waals surface area contributed by atoms with Gasteiger partial charge in [-0.25, -0.2) is 5.84 Å². The van der Waals surface area contributed by atoms with Crippen LogP contribution in [0.1, 0.15) is 39.2 Å². The largest absolute Gasteiger partial charge is 0.491 e. The average molecular weight is 292 g/mol. The summed E-state index contributed by atoms with van der Waals surface area (Å²) in [6, 6.07) is 8.10. The first-order chi connectivity index (χ1) is 9.90. The van der Waals surface area contributed by atoms with Crippen LogP contribution in [0, 0.1) is 0 Å². The molecule has 0 radical (unpaired) electrons. The van der Waals surface area contributed by atoms with Crippen LogP contribution in [0.5, 0.6) is 5.75 Å². The van der Waals surface area contributed by atoms with E-state index >= 15 is 0 Å². The molecule has 0 aromatic heterocycles. The molecule has 1 aliphatic heterocycles. The number of nitrogens with one attached hydrogen (secondary N) is 1. The van der Waals surface area contributed by atoms with Gasteiger partial charge in [0.1, 0.15) is 18.5 Å². The molecule has 1 aliphatic rings. The molecule has 0 aliphatic carbocycles. The normalized spacial score (nSPS) is 22.1. The Balaban J connectivity index is 1.83. The minimum Gasteiger partial charge on any atom is -0.491 e. The number of ether oxygens (including phenoxy) is 2. The summed E-state index contributed by atoms with van der Waals surface area (Å²) in [5.41, 5.74) is 3.52. The van der Waals surface area contributed by atoms with E-state index in [2.05, 4.69) is 38.3 Å². The first kappa shape index (κ1) is 15.8. The fraction of sp³-hybridized carbons (Fsp3) is 0.562. The third-order valence-electron chi connectivity index (χ3n) is 3.70. The Hall–Kier alpha value is -1.59. The number of hydrogen-bond donors (Lipinski definition) is 2. The summed E-state index contributed by atoms with van der Waals surface area (Å²) in [6.45, 7) is 6.98. The van der Waals surface area contributed by atoms with Gasteiger partial charge in [0.15, 0.2) is 0 Å². The molecule has 0 bridgehead atoms. The summed E-state index contributed by atoms with van der Waals surface area (Å²) in [5, 5.41) is 0. The second kappa shape index (κ2) is 6.45. The highest BCUT2D eigenvalue weighted by Crippen LogP contribution is 2.25. The van der Waals surface area contributed by atoms with E-state index in [4.69, 9.17) is 15.3 Å². The zero-order valence-electron chi connectivity index (χ0n) is 12.9. The van der Waals surface area contributed by atoms with Crippen molar-refractivity contribution in [3.8, 4) is 5.75 Å². The minimum absolute atomic E-state index is 0.0606. The molecule has 5 heteroatoms. The van der Waals surface area contributed by atoms with E-state index in [1.54, 1.807) is 0 Å². The molecule has 1 aromatic carbocycles. The van der Waals surface area contributed by atoms with Gasteiger partial charge in [0.05, 0.1) is 6.10 Å². The number of hydrazine groups is 1. The van der Waals surface area contributed by atoms with Gasteiger partial charge in [-0.1, -0.05) is 32.9 Å². The van der Waals surface area contributed by atoms with Gasteiger partial charge >= 0.3 is 0 Å². The standard InChI is InChI=1S/C16H24N2O3/c1-16(2,3)11-4-6-12(7-5-11)20-10-13-8-9-14(21-13)15(19)18-17/h4-7,13-14H,8-10,17H2,1-3H3,(H,18,19). The summed E-state index contributed by atoms with van der Waals surface area (Å²) >= 11 is 0. The molecule has 3 N–H and O–H groups in total. The highest BCUT2D eigenvalue weighted by atomic mass is 16.5. The second-order valence-corrected chi connectivity index (χ2v) is 6.42. The maximum atomic E-state index is 11.4. The van der Waals surface area contributed by atoms with E-state index in [1.165, 1.54) is 5.56 Å². The zero-order valence-corrected chi connectivity index (χ0v) is 12.9. The number of rotatable bonds is 4. The van der Waals surface area contributed by atoms with Gasteiger partial charge in [-0.2, -0.15) is 0 Å². The topological polar surface area (TPSA) is 73.6 Å². The van der Waals surface area contributed by atoms with Gasteiger partial charge in [-0.3, -0.25) is 10.2 Å². The lowest BCUT2D eigenvalue weighted by Gasteiger charge is -2.19. The van der Waals surface area contributed by atoms with Crippen molar-refractivity contribution >= 4 is 5.91 Å². The van der Waals surface area contributed by atoms with E-state index < -0.39 is 6.10 Å². The molecule has 1 aromatic rings. The molecule has 0 spiro atoms. The molecule has 1 amide bonds. The fourth-order valence-electron chi connectivity index (χ4n) is 2.35. The molecule has 21 heavy (non-hydrogen) atoms. The quantitative estimate of drug-likeness (QED) is 0.505. The lowest BCUT2D eigenvalue weighted by atomic mass is 9.87. The first-order valence-electron chi connectivity index (χ1n) is 7.29. The predicted molar refractivity (Wildman–Crippen MR) is 80.9 cm³/mol. The number of carbonyl (C=O) groups is 1. The van der Waals surface area contributed by atoms with Gasteiger partial charge in [0.25, 0.3) is 5.91 Å². The molecule has 1 fully saturated rings. The maximum Gasteiger partial charge on any atom is 0.263 e. The molecular weight excluding hydrogens is 268 g/mol. The Kier molecular flexibility index (Phi) is 4.85.